The number of hydrogen-bond acceptors (Lipinski definition) is 3. The summed E-state index contributed by atoms with van der Waals surface area (Å²) in [5.41, 5.74) is 1.25. The molecule has 2 aromatic heterocycles. The van der Waals surface area contributed by atoms with E-state index in [9.17, 15) is 4.79 Å². The van der Waals surface area contributed by atoms with Gasteiger partial charge in [0.2, 0.25) is 0 Å². The predicted molar refractivity (Wildman–Crippen MR) is 55.7 cm³/mol. The Labute approximate surface area is 191 Å². The van der Waals surface area contributed by atoms with Crippen LogP contribution in [0.2, 0.25) is 0 Å². The minimum Gasteiger partial charge on any atom is -0.467 e. The normalized spacial score (nSPS) is 7.00. The fourth-order valence-electron chi connectivity index (χ4n) is 1.10. The van der Waals surface area contributed by atoms with E-state index in [0.717, 1.165) is 5.65 Å². The summed E-state index contributed by atoms with van der Waals surface area (Å²) in [4.78, 5) is 15.1. The van der Waals surface area contributed by atoms with E-state index >= 15 is 0 Å². The third-order valence-corrected chi connectivity index (χ3v) is 1.74. The summed E-state index contributed by atoms with van der Waals surface area (Å²) in [6.45, 7) is 0. The van der Waals surface area contributed by atoms with Crippen LogP contribution in [0.5, 0.6) is 0 Å². The van der Waals surface area contributed by atoms with Crippen molar-refractivity contribution in [2.75, 3.05) is 7.11 Å². The Kier molecular flexibility index (Phi) is 27.6. The average molecular weight is 755 g/mol. The van der Waals surface area contributed by atoms with Crippen LogP contribution >= 0.6 is 0 Å². The molecule has 0 saturated heterocycles. The minimum atomic E-state index is -0.357. The van der Waals surface area contributed by atoms with Crippen molar-refractivity contribution in [1.82, 2.24) is 9.38 Å². The monoisotopic (exact) mass is 755 g/mol. The molecule has 9 heteroatoms. The maximum Gasteiger partial charge on any atom is 0.326 e. The number of carbonyl (C=O) groups is 1. The second-order valence-corrected chi connectivity index (χ2v) is 2.52. The SMILES string of the molecule is C.COC(=O)c1ccc2nc[c-]n2c1.O.[W].[W].[Y].[Y]. The van der Waals surface area contributed by atoms with Gasteiger partial charge in [-0.2, -0.15) is 0 Å². The first kappa shape index (κ1) is 32.6. The van der Waals surface area contributed by atoms with Gasteiger partial charge in [-0.15, -0.1) is 0 Å². The van der Waals surface area contributed by atoms with Gasteiger partial charge in [0.15, 0.2) is 0 Å². The molecule has 0 aliphatic rings. The fraction of sp³-hybridized carbons (Fsp3) is 0.200. The van der Waals surface area contributed by atoms with Crippen LogP contribution in [-0.4, -0.2) is 27.9 Å². The Morgan fingerprint density at radius 2 is 1.89 bits per heavy atom. The van der Waals surface area contributed by atoms with Crippen LogP contribution in [-0.2, 0) is 112 Å². The van der Waals surface area contributed by atoms with Crippen LogP contribution in [0.4, 0.5) is 0 Å². The van der Waals surface area contributed by atoms with Gasteiger partial charge in [-0.1, -0.05) is 32.0 Å². The van der Waals surface area contributed by atoms with E-state index in [1.807, 2.05) is 0 Å². The van der Waals surface area contributed by atoms with Crippen molar-refractivity contribution in [3.63, 3.8) is 0 Å². The number of aromatic nitrogens is 2. The Hall–Kier alpha value is 1.70. The molecular formula is C10H13N2O3W2Y2-. The molecule has 0 aliphatic carbocycles. The number of nitrogens with zero attached hydrogens (tertiary/aromatic N) is 2. The van der Waals surface area contributed by atoms with Crippen LogP contribution in [0.1, 0.15) is 17.8 Å². The second-order valence-electron chi connectivity index (χ2n) is 2.52. The molecule has 0 spiro atoms. The summed E-state index contributed by atoms with van der Waals surface area (Å²) in [6.07, 6.45) is 6.02. The van der Waals surface area contributed by atoms with Crippen molar-refractivity contribution in [1.29, 1.82) is 0 Å². The van der Waals surface area contributed by atoms with Crippen molar-refractivity contribution in [3.8, 4) is 0 Å². The molecule has 0 aromatic carbocycles. The zero-order valence-corrected chi connectivity index (χ0v) is 21.0. The maximum absolute atomic E-state index is 11.1. The number of hydrogen-bond donors (Lipinski definition) is 0. The maximum atomic E-state index is 11.1. The number of esters is 1. The summed E-state index contributed by atoms with van der Waals surface area (Å²) in [7, 11) is 1.35. The van der Waals surface area contributed by atoms with E-state index in [-0.39, 0.29) is 126 Å². The molecule has 5 nitrogen and oxygen atoms in total. The van der Waals surface area contributed by atoms with Gasteiger partial charge in [0.25, 0.3) is 0 Å². The van der Waals surface area contributed by atoms with E-state index < -0.39 is 0 Å². The van der Waals surface area contributed by atoms with Crippen LogP contribution in [0.25, 0.3) is 5.65 Å². The number of rotatable bonds is 1. The van der Waals surface area contributed by atoms with E-state index in [2.05, 4.69) is 15.9 Å². The van der Waals surface area contributed by atoms with Gasteiger partial charge in [0, 0.05) is 119 Å². The largest absolute Gasteiger partial charge is 0.467 e. The molecule has 0 unspecified atom stereocenters. The van der Waals surface area contributed by atoms with Crippen molar-refractivity contribution in [2.45, 2.75) is 7.43 Å². The molecule has 19 heavy (non-hydrogen) atoms. The smallest absolute Gasteiger partial charge is 0.326 e. The third kappa shape index (κ3) is 8.66. The zero-order valence-electron chi connectivity index (χ0n) is 9.49. The molecule has 2 aromatic rings. The molecular weight excluding hydrogens is 742 g/mol. The topological polar surface area (TPSA) is 75.1 Å². The van der Waals surface area contributed by atoms with Gasteiger partial charge in [-0.3, -0.25) is 0 Å². The number of carbonyl (C=O) groups excluding carboxylic acids is 1. The van der Waals surface area contributed by atoms with Gasteiger partial charge in [-0.05, 0) is 6.20 Å². The van der Waals surface area contributed by atoms with Crippen LogP contribution in [0.15, 0.2) is 24.5 Å². The molecule has 2 rings (SSSR count). The summed E-state index contributed by atoms with van der Waals surface area (Å²) >= 11 is 0. The molecule has 100 valence electrons. The Bertz CT molecular complexity index is 469. The van der Waals surface area contributed by atoms with Gasteiger partial charge in [-0.25, -0.2) is 4.79 Å². The summed E-state index contributed by atoms with van der Waals surface area (Å²) in [6, 6.07) is 3.41. The average Bonchev–Trinajstić information content (AvgIpc) is 2.63. The van der Waals surface area contributed by atoms with Gasteiger partial charge in [0.05, 0.1) is 7.11 Å². The zero-order chi connectivity index (χ0) is 9.26. The van der Waals surface area contributed by atoms with E-state index in [1.165, 1.54) is 7.11 Å². The van der Waals surface area contributed by atoms with Crippen molar-refractivity contribution < 1.29 is 123 Å². The number of pyridine rings is 1. The molecule has 0 fully saturated rings. The summed E-state index contributed by atoms with van der Waals surface area (Å²) < 4.78 is 6.22. The minimum absolute atomic E-state index is 0. The first-order valence-corrected chi connectivity index (χ1v) is 3.74. The number of imidazole rings is 1. The molecule has 2 radical (unpaired) electrons. The predicted octanol–water partition coefficient (Wildman–Crippen LogP) is 0.722. The van der Waals surface area contributed by atoms with Gasteiger partial charge >= 0.3 is 5.97 Å². The molecule has 0 amide bonds. The van der Waals surface area contributed by atoms with Crippen molar-refractivity contribution in [3.05, 3.63) is 36.3 Å². The second kappa shape index (κ2) is 16.1. The molecule has 2 N–H and O–H groups in total. The van der Waals surface area contributed by atoms with Crippen molar-refractivity contribution in [2.24, 2.45) is 0 Å². The summed E-state index contributed by atoms with van der Waals surface area (Å²) in [5.74, 6) is -0.357. The van der Waals surface area contributed by atoms with E-state index in [0.29, 0.717) is 5.56 Å². The fourth-order valence-corrected chi connectivity index (χ4v) is 1.10. The van der Waals surface area contributed by atoms with Gasteiger partial charge < -0.3 is 19.6 Å². The Morgan fingerprint density at radius 3 is 2.42 bits per heavy atom. The summed E-state index contributed by atoms with van der Waals surface area (Å²) in [5, 5.41) is 0. The van der Waals surface area contributed by atoms with Crippen LogP contribution < -0.4 is 0 Å². The van der Waals surface area contributed by atoms with E-state index in [4.69, 9.17) is 0 Å². The Balaban J connectivity index is -0.000000109. The standard InChI is InChI=1S/C9H7N2O2.CH4.H2O.2W.2Y/c1-13-9(12)7-2-3-8-10-4-5-11(8)6-7;;;;;;/h2-4,6H,1H3;1H4;1H2;;;;/q-1;;;;;;. The van der Waals surface area contributed by atoms with Gasteiger partial charge in [0.1, 0.15) is 0 Å². The number of ether oxygens (including phenoxy) is 1. The Morgan fingerprint density at radius 1 is 1.32 bits per heavy atom. The molecule has 0 aliphatic heterocycles. The van der Waals surface area contributed by atoms with Crippen LogP contribution in [0, 0.1) is 6.20 Å². The van der Waals surface area contributed by atoms with Crippen molar-refractivity contribution >= 4 is 11.6 Å². The quantitative estimate of drug-likeness (QED) is 0.319. The molecule has 0 bridgehead atoms. The molecule has 2 heterocycles. The molecule has 0 atom stereocenters. The number of fused-ring (bicyclic) bond motifs is 1. The number of methoxy groups -OCH3 is 1. The van der Waals surface area contributed by atoms with Crippen LogP contribution in [0.3, 0.4) is 0 Å². The van der Waals surface area contributed by atoms with E-state index in [1.54, 1.807) is 28.9 Å². The molecule has 0 saturated carbocycles. The third-order valence-electron chi connectivity index (χ3n) is 1.74. The first-order chi connectivity index (χ1) is 6.31. The first-order valence-electron chi connectivity index (χ1n) is 3.74.